The maximum Gasteiger partial charge on any atom is 0.269 e. The fourth-order valence-corrected chi connectivity index (χ4v) is 4.22. The summed E-state index contributed by atoms with van der Waals surface area (Å²) in [5.41, 5.74) is -0.186. The fraction of sp³-hybridized carbons (Fsp3) is 0.458. The standard InChI is InChI=1S/C24H30N2O6S/c1-15(14-30-5)25-21(28)13-26-22(12-20(27)24(2,3)4)33-19(23(26)29)11-16-6-7-17-18(10-16)32-9-8-31-17/h6-7,10-12,15H,8-9,13-14H2,1-5H3,(H,25,28). The molecule has 0 radical (unpaired) electrons. The Morgan fingerprint density at radius 3 is 2.61 bits per heavy atom. The van der Waals surface area contributed by atoms with Crippen LogP contribution in [0.1, 0.15) is 33.3 Å². The van der Waals surface area contributed by atoms with Crippen LogP contribution < -0.4 is 29.5 Å². The number of Topliss-reactive ketones (excluding diaryl/α,β-unsaturated/α-hetero) is 1. The first-order valence-corrected chi connectivity index (χ1v) is 11.6. The Balaban J connectivity index is 2.03. The zero-order chi connectivity index (χ0) is 24.2. The third kappa shape index (κ3) is 6.33. The van der Waals surface area contributed by atoms with Crippen LogP contribution in [0.25, 0.3) is 12.2 Å². The van der Waals surface area contributed by atoms with Gasteiger partial charge in [0.05, 0.1) is 11.1 Å². The summed E-state index contributed by atoms with van der Waals surface area (Å²) in [6.45, 7) is 8.37. The molecule has 8 nitrogen and oxygen atoms in total. The summed E-state index contributed by atoms with van der Waals surface area (Å²) in [5, 5.41) is 2.80. The van der Waals surface area contributed by atoms with Gasteiger partial charge in [0.15, 0.2) is 17.3 Å². The molecule has 3 rings (SSSR count). The molecular formula is C24H30N2O6S. The number of carbonyl (C=O) groups excluding carboxylic acids is 2. The second-order valence-electron chi connectivity index (χ2n) is 8.93. The van der Waals surface area contributed by atoms with Gasteiger partial charge in [-0.3, -0.25) is 19.0 Å². The number of methoxy groups -OCH3 is 1. The monoisotopic (exact) mass is 474 g/mol. The summed E-state index contributed by atoms with van der Waals surface area (Å²) >= 11 is 1.18. The molecule has 0 saturated carbocycles. The molecule has 33 heavy (non-hydrogen) atoms. The van der Waals surface area contributed by atoms with Gasteiger partial charge in [-0.1, -0.05) is 26.8 Å². The number of nitrogens with zero attached hydrogens (tertiary/aromatic N) is 1. The van der Waals surface area contributed by atoms with Gasteiger partial charge in [0.25, 0.3) is 5.56 Å². The lowest BCUT2D eigenvalue weighted by Gasteiger charge is -2.18. The van der Waals surface area contributed by atoms with Gasteiger partial charge >= 0.3 is 0 Å². The van der Waals surface area contributed by atoms with Crippen LogP contribution in [0.2, 0.25) is 0 Å². The van der Waals surface area contributed by atoms with Gasteiger partial charge in [-0.15, -0.1) is 11.3 Å². The predicted molar refractivity (Wildman–Crippen MR) is 127 cm³/mol. The van der Waals surface area contributed by atoms with E-state index in [1.807, 2.05) is 33.8 Å². The molecule has 9 heteroatoms. The van der Waals surface area contributed by atoms with Crippen LogP contribution in [0.3, 0.4) is 0 Å². The first kappa shape index (κ1) is 24.7. The molecule has 178 valence electrons. The number of ether oxygens (including phenoxy) is 3. The van der Waals surface area contributed by atoms with E-state index in [0.29, 0.717) is 40.5 Å². The van der Waals surface area contributed by atoms with Crippen LogP contribution in [0.4, 0.5) is 0 Å². The Labute approximate surface area is 196 Å². The number of nitrogens with one attached hydrogen (secondary N) is 1. The molecule has 1 aliphatic heterocycles. The van der Waals surface area contributed by atoms with Crippen molar-refractivity contribution in [3.63, 3.8) is 0 Å². The highest BCUT2D eigenvalue weighted by Gasteiger charge is 2.20. The van der Waals surface area contributed by atoms with E-state index >= 15 is 0 Å². The number of aromatic nitrogens is 1. The number of benzene rings is 1. The van der Waals surface area contributed by atoms with Gasteiger partial charge in [-0.2, -0.15) is 0 Å². The smallest absolute Gasteiger partial charge is 0.269 e. The maximum absolute atomic E-state index is 13.2. The van der Waals surface area contributed by atoms with Gasteiger partial charge in [-0.25, -0.2) is 0 Å². The molecule has 0 spiro atoms. The van der Waals surface area contributed by atoms with Gasteiger partial charge in [0.2, 0.25) is 5.91 Å². The summed E-state index contributed by atoms with van der Waals surface area (Å²) < 4.78 is 18.4. The van der Waals surface area contributed by atoms with Crippen molar-refractivity contribution in [3.8, 4) is 11.5 Å². The topological polar surface area (TPSA) is 95.9 Å². The van der Waals surface area contributed by atoms with Gasteiger partial charge in [-0.05, 0) is 30.7 Å². The van der Waals surface area contributed by atoms with Crippen molar-refractivity contribution in [2.45, 2.75) is 40.3 Å². The quantitative estimate of drug-likeness (QED) is 0.645. The molecule has 0 fully saturated rings. The van der Waals surface area contributed by atoms with E-state index in [9.17, 15) is 14.4 Å². The van der Waals surface area contributed by atoms with Crippen molar-refractivity contribution < 1.29 is 23.8 Å². The number of carbonyl (C=O) groups is 2. The summed E-state index contributed by atoms with van der Waals surface area (Å²) in [4.78, 5) is 38.4. The minimum Gasteiger partial charge on any atom is -0.486 e. The van der Waals surface area contributed by atoms with Crippen LogP contribution in [0.15, 0.2) is 23.0 Å². The first-order valence-electron chi connectivity index (χ1n) is 10.7. The normalized spacial score (nSPS) is 15.4. The van der Waals surface area contributed by atoms with Crippen molar-refractivity contribution in [2.24, 2.45) is 5.41 Å². The molecule has 2 aromatic rings. The summed E-state index contributed by atoms with van der Waals surface area (Å²) in [6.07, 6.45) is 3.17. The lowest BCUT2D eigenvalue weighted by molar-refractivity contribution is -0.123. The Morgan fingerprint density at radius 1 is 1.24 bits per heavy atom. The Hall–Kier alpha value is -2.91. The third-order valence-electron chi connectivity index (χ3n) is 4.92. The molecule has 1 atom stereocenters. The molecule has 0 saturated heterocycles. The first-order chi connectivity index (χ1) is 15.6. The van der Waals surface area contributed by atoms with Gasteiger partial charge < -0.3 is 19.5 Å². The lowest BCUT2D eigenvalue weighted by atomic mass is 9.91. The number of hydrogen-bond acceptors (Lipinski definition) is 7. The maximum atomic E-state index is 13.2. The highest BCUT2D eigenvalue weighted by molar-refractivity contribution is 7.07. The zero-order valence-corrected chi connectivity index (χ0v) is 20.4. The van der Waals surface area contributed by atoms with E-state index in [1.54, 1.807) is 25.3 Å². The van der Waals surface area contributed by atoms with Crippen LogP contribution >= 0.6 is 11.3 Å². The number of rotatable bonds is 7. The van der Waals surface area contributed by atoms with E-state index < -0.39 is 5.41 Å². The number of thiazole rings is 1. The Morgan fingerprint density at radius 2 is 1.94 bits per heavy atom. The average Bonchev–Trinajstić information content (AvgIpc) is 3.01. The zero-order valence-electron chi connectivity index (χ0n) is 19.6. The molecule has 1 aliphatic rings. The van der Waals surface area contributed by atoms with Crippen molar-refractivity contribution in [1.82, 2.24) is 9.88 Å². The lowest BCUT2D eigenvalue weighted by Crippen LogP contribution is -2.42. The number of amides is 1. The van der Waals surface area contributed by atoms with E-state index in [1.165, 1.54) is 22.0 Å². The van der Waals surface area contributed by atoms with Crippen molar-refractivity contribution in [3.05, 3.63) is 43.3 Å². The molecule has 0 bridgehead atoms. The van der Waals surface area contributed by atoms with E-state index in [2.05, 4.69) is 5.32 Å². The van der Waals surface area contributed by atoms with E-state index in [-0.39, 0.29) is 29.8 Å². The second kappa shape index (κ2) is 10.4. The molecule has 1 aromatic heterocycles. The largest absolute Gasteiger partial charge is 0.486 e. The summed E-state index contributed by atoms with van der Waals surface area (Å²) in [7, 11) is 1.55. The van der Waals surface area contributed by atoms with Crippen LogP contribution in [0.5, 0.6) is 11.5 Å². The molecule has 2 heterocycles. The van der Waals surface area contributed by atoms with Crippen LogP contribution in [-0.4, -0.2) is 49.2 Å². The number of hydrogen-bond donors (Lipinski definition) is 1. The fourth-order valence-electron chi connectivity index (χ4n) is 3.18. The number of fused-ring (bicyclic) bond motifs is 1. The van der Waals surface area contributed by atoms with Crippen LogP contribution in [-0.2, 0) is 20.9 Å². The molecule has 1 N–H and O–H groups in total. The summed E-state index contributed by atoms with van der Waals surface area (Å²) in [6, 6.07) is 5.23. The molecule has 1 unspecified atom stereocenters. The van der Waals surface area contributed by atoms with Gasteiger partial charge in [0, 0.05) is 24.6 Å². The van der Waals surface area contributed by atoms with Crippen molar-refractivity contribution in [2.75, 3.05) is 26.9 Å². The van der Waals surface area contributed by atoms with Crippen molar-refractivity contribution in [1.29, 1.82) is 0 Å². The minimum absolute atomic E-state index is 0.128. The summed E-state index contributed by atoms with van der Waals surface area (Å²) in [5.74, 6) is 0.821. The SMILES string of the molecule is COCC(C)NC(=O)Cn1c(=CC(=O)C(C)(C)C)sc(=Cc2ccc3c(c2)OCCO3)c1=O. The highest BCUT2D eigenvalue weighted by atomic mass is 32.1. The molecule has 1 aromatic carbocycles. The minimum atomic E-state index is -0.611. The molecule has 1 amide bonds. The van der Waals surface area contributed by atoms with E-state index in [0.717, 1.165) is 5.56 Å². The average molecular weight is 475 g/mol. The van der Waals surface area contributed by atoms with Crippen molar-refractivity contribution >= 4 is 35.2 Å². The highest BCUT2D eigenvalue weighted by Crippen LogP contribution is 2.30. The molecule has 0 aliphatic carbocycles. The predicted octanol–water partition coefficient (Wildman–Crippen LogP) is 1.06. The molecular weight excluding hydrogens is 444 g/mol. The number of ketones is 1. The third-order valence-corrected chi connectivity index (χ3v) is 5.98. The second-order valence-corrected chi connectivity index (χ2v) is 9.99. The Kier molecular flexibility index (Phi) is 7.76. The van der Waals surface area contributed by atoms with Crippen LogP contribution in [0, 0.1) is 5.41 Å². The van der Waals surface area contributed by atoms with Gasteiger partial charge in [0.1, 0.15) is 24.4 Å². The Bertz CT molecular complexity index is 1210. The van der Waals surface area contributed by atoms with E-state index in [4.69, 9.17) is 14.2 Å².